The Bertz CT molecular complexity index is 947. The minimum atomic E-state index is 0.685. The van der Waals surface area contributed by atoms with E-state index in [0.717, 1.165) is 67.0 Å². The number of ether oxygens (including phenoxy) is 1. The second-order valence-electron chi connectivity index (χ2n) is 6.34. The van der Waals surface area contributed by atoms with Crippen molar-refractivity contribution in [2.24, 2.45) is 4.99 Å². The minimum absolute atomic E-state index is 0.685. The third-order valence-electron chi connectivity index (χ3n) is 4.57. The Morgan fingerprint density at radius 3 is 2.62 bits per heavy atom. The normalized spacial score (nSPS) is 16.3. The van der Waals surface area contributed by atoms with Gasteiger partial charge in [-0.05, 0) is 18.2 Å². The maximum Gasteiger partial charge on any atom is 0.136 e. The molecule has 1 aliphatic rings. The van der Waals surface area contributed by atoms with E-state index in [1.165, 1.54) is 0 Å². The third-order valence-corrected chi connectivity index (χ3v) is 4.80. The Morgan fingerprint density at radius 2 is 1.81 bits per heavy atom. The van der Waals surface area contributed by atoms with Gasteiger partial charge in [0, 0.05) is 41.7 Å². The first-order valence-electron chi connectivity index (χ1n) is 8.89. The topological polar surface area (TPSA) is 38.0 Å². The predicted molar refractivity (Wildman–Crippen MR) is 104 cm³/mol. The Balaban J connectivity index is 1.70. The summed E-state index contributed by atoms with van der Waals surface area (Å²) in [6, 6.07) is 17.8. The maximum absolute atomic E-state index is 6.20. The molecule has 1 aliphatic heterocycles. The van der Waals surface area contributed by atoms with Crippen LogP contribution in [0.4, 0.5) is 0 Å². The van der Waals surface area contributed by atoms with Gasteiger partial charge in [0.2, 0.25) is 0 Å². The van der Waals surface area contributed by atoms with Gasteiger partial charge >= 0.3 is 0 Å². The summed E-state index contributed by atoms with van der Waals surface area (Å²) in [7, 11) is 0. The van der Waals surface area contributed by atoms with Gasteiger partial charge in [-0.25, -0.2) is 0 Å². The standard InChI is InChI=1S/C21H21ClN2O2/c22-17-6-7-20-18(14-17)19(23-8-9-24-10-12-25-13-11-24)15-21(26-20)16-4-2-1-3-5-16/h1-7,14-15H,8-13H2. The van der Waals surface area contributed by atoms with Crippen LogP contribution in [0.25, 0.3) is 22.3 Å². The van der Waals surface area contributed by atoms with Crippen molar-refractivity contribution >= 4 is 22.6 Å². The molecule has 0 atom stereocenters. The van der Waals surface area contributed by atoms with Gasteiger partial charge in [0.05, 0.1) is 25.1 Å². The molecule has 134 valence electrons. The smallest absolute Gasteiger partial charge is 0.136 e. The summed E-state index contributed by atoms with van der Waals surface area (Å²) in [4.78, 5) is 7.24. The highest BCUT2D eigenvalue weighted by atomic mass is 35.5. The number of rotatable bonds is 4. The second kappa shape index (κ2) is 8.04. The second-order valence-corrected chi connectivity index (χ2v) is 6.77. The van der Waals surface area contributed by atoms with Crippen molar-refractivity contribution in [1.29, 1.82) is 0 Å². The molecule has 0 radical (unpaired) electrons. The van der Waals surface area contributed by atoms with Gasteiger partial charge in [-0.2, -0.15) is 0 Å². The van der Waals surface area contributed by atoms with Crippen LogP contribution >= 0.6 is 11.6 Å². The molecule has 0 bridgehead atoms. The molecule has 26 heavy (non-hydrogen) atoms. The highest BCUT2D eigenvalue weighted by molar-refractivity contribution is 6.31. The average molecular weight is 369 g/mol. The van der Waals surface area contributed by atoms with E-state index in [9.17, 15) is 0 Å². The molecule has 5 heteroatoms. The van der Waals surface area contributed by atoms with Crippen LogP contribution in [-0.2, 0) is 4.74 Å². The number of benzene rings is 2. The summed E-state index contributed by atoms with van der Waals surface area (Å²) in [5.74, 6) is 0.811. The highest BCUT2D eigenvalue weighted by Crippen LogP contribution is 2.23. The van der Waals surface area contributed by atoms with Crippen LogP contribution in [-0.4, -0.2) is 44.3 Å². The Hall–Kier alpha value is -2.14. The zero-order chi connectivity index (χ0) is 17.8. The molecular formula is C21H21ClN2O2. The number of hydrogen-bond donors (Lipinski definition) is 0. The summed E-state index contributed by atoms with van der Waals surface area (Å²) >= 11 is 6.20. The van der Waals surface area contributed by atoms with Crippen molar-refractivity contribution in [3.05, 3.63) is 65.0 Å². The molecule has 0 saturated carbocycles. The van der Waals surface area contributed by atoms with Crippen LogP contribution in [0.2, 0.25) is 5.02 Å². The number of hydrogen-bond acceptors (Lipinski definition) is 4. The lowest BCUT2D eigenvalue weighted by molar-refractivity contribution is 0.0394. The van der Waals surface area contributed by atoms with Gasteiger partial charge in [-0.3, -0.25) is 9.89 Å². The van der Waals surface area contributed by atoms with E-state index >= 15 is 0 Å². The molecule has 0 N–H and O–H groups in total. The molecule has 2 heterocycles. The van der Waals surface area contributed by atoms with E-state index in [1.54, 1.807) is 0 Å². The lowest BCUT2D eigenvalue weighted by Gasteiger charge is -2.25. The monoisotopic (exact) mass is 368 g/mol. The van der Waals surface area contributed by atoms with Crippen LogP contribution in [0.5, 0.6) is 0 Å². The zero-order valence-corrected chi connectivity index (χ0v) is 15.3. The van der Waals surface area contributed by atoms with Crippen LogP contribution in [0, 0.1) is 0 Å². The Labute approximate surface area is 157 Å². The lowest BCUT2D eigenvalue weighted by Crippen LogP contribution is -2.37. The summed E-state index contributed by atoms with van der Waals surface area (Å²) in [5.41, 5.74) is 1.83. The number of halogens is 1. The molecule has 1 aromatic heterocycles. The van der Waals surface area contributed by atoms with E-state index in [-0.39, 0.29) is 0 Å². The van der Waals surface area contributed by atoms with Crippen molar-refractivity contribution in [2.75, 3.05) is 39.4 Å². The molecule has 1 saturated heterocycles. The van der Waals surface area contributed by atoms with Crippen molar-refractivity contribution in [1.82, 2.24) is 4.90 Å². The summed E-state index contributed by atoms with van der Waals surface area (Å²) in [6.07, 6.45) is 0. The van der Waals surface area contributed by atoms with Gasteiger partial charge < -0.3 is 9.15 Å². The molecule has 4 rings (SSSR count). The van der Waals surface area contributed by atoms with Crippen LogP contribution in [0.15, 0.2) is 64.0 Å². The fraction of sp³-hybridized carbons (Fsp3) is 0.286. The molecule has 1 fully saturated rings. The minimum Gasteiger partial charge on any atom is -0.456 e. The van der Waals surface area contributed by atoms with Gasteiger partial charge in [-0.15, -0.1) is 0 Å². The average Bonchev–Trinajstić information content (AvgIpc) is 2.69. The van der Waals surface area contributed by atoms with Crippen LogP contribution in [0.3, 0.4) is 0 Å². The number of fused-ring (bicyclic) bond motifs is 1. The summed E-state index contributed by atoms with van der Waals surface area (Å²) in [6.45, 7) is 5.22. The van der Waals surface area contributed by atoms with Gasteiger partial charge in [0.1, 0.15) is 11.3 Å². The number of morpholine rings is 1. The zero-order valence-electron chi connectivity index (χ0n) is 14.5. The highest BCUT2D eigenvalue weighted by Gasteiger charge is 2.10. The largest absolute Gasteiger partial charge is 0.456 e. The molecule has 0 aliphatic carbocycles. The molecule has 4 nitrogen and oxygen atoms in total. The van der Waals surface area contributed by atoms with Gasteiger partial charge in [0.15, 0.2) is 0 Å². The molecule has 0 spiro atoms. The lowest BCUT2D eigenvalue weighted by atomic mass is 10.1. The Kier molecular flexibility index (Phi) is 5.34. The van der Waals surface area contributed by atoms with E-state index in [1.807, 2.05) is 54.6 Å². The fourth-order valence-electron chi connectivity index (χ4n) is 3.15. The fourth-order valence-corrected chi connectivity index (χ4v) is 3.33. The van der Waals surface area contributed by atoms with Crippen LogP contribution < -0.4 is 5.36 Å². The number of nitrogens with zero attached hydrogens (tertiary/aromatic N) is 2. The van der Waals surface area contributed by atoms with E-state index in [4.69, 9.17) is 25.7 Å². The SMILES string of the molecule is Clc1ccc2oc(-c3ccccc3)cc(=NCCN3CCOCC3)c2c1. The third kappa shape index (κ3) is 3.98. The maximum atomic E-state index is 6.20. The first kappa shape index (κ1) is 17.3. The quantitative estimate of drug-likeness (QED) is 0.699. The van der Waals surface area contributed by atoms with Crippen molar-refractivity contribution in [2.45, 2.75) is 0 Å². The molecule has 3 aromatic rings. The van der Waals surface area contributed by atoms with Crippen LogP contribution in [0.1, 0.15) is 0 Å². The van der Waals surface area contributed by atoms with Crippen molar-refractivity contribution < 1.29 is 9.15 Å². The Morgan fingerprint density at radius 1 is 1.00 bits per heavy atom. The van der Waals surface area contributed by atoms with E-state index < -0.39 is 0 Å². The van der Waals surface area contributed by atoms with Gasteiger partial charge in [-0.1, -0.05) is 41.9 Å². The van der Waals surface area contributed by atoms with Crippen molar-refractivity contribution in [3.63, 3.8) is 0 Å². The van der Waals surface area contributed by atoms with E-state index in [0.29, 0.717) is 5.02 Å². The molecule has 0 amide bonds. The van der Waals surface area contributed by atoms with Crippen molar-refractivity contribution in [3.8, 4) is 11.3 Å². The molecular weight excluding hydrogens is 348 g/mol. The first-order chi connectivity index (χ1) is 12.8. The molecule has 2 aromatic carbocycles. The summed E-state index contributed by atoms with van der Waals surface area (Å²) in [5, 5.41) is 2.55. The predicted octanol–water partition coefficient (Wildman–Crippen LogP) is 3.99. The summed E-state index contributed by atoms with van der Waals surface area (Å²) < 4.78 is 11.5. The molecule has 0 unspecified atom stereocenters. The first-order valence-corrected chi connectivity index (χ1v) is 9.27. The van der Waals surface area contributed by atoms with E-state index in [2.05, 4.69) is 4.90 Å². The van der Waals surface area contributed by atoms with Gasteiger partial charge in [0.25, 0.3) is 0 Å².